The lowest BCUT2D eigenvalue weighted by Crippen LogP contribution is -2.31. The SMILES string of the molecule is CC1=C(C(N)=O)C(c2cccc(O)c2)n2nc(-c3ccc(Cl)cc3Cl)nc2N1. The second kappa shape index (κ2) is 6.85. The number of hydrogen-bond acceptors (Lipinski definition) is 5. The Hall–Kier alpha value is -3.03. The van der Waals surface area contributed by atoms with Crippen molar-refractivity contribution in [1.82, 2.24) is 14.8 Å². The molecule has 0 saturated heterocycles. The summed E-state index contributed by atoms with van der Waals surface area (Å²) < 4.78 is 1.56. The highest BCUT2D eigenvalue weighted by atomic mass is 35.5. The first-order chi connectivity index (χ1) is 13.3. The Bertz CT molecular complexity index is 1140. The summed E-state index contributed by atoms with van der Waals surface area (Å²) >= 11 is 12.3. The van der Waals surface area contributed by atoms with Crippen molar-refractivity contribution in [2.75, 3.05) is 5.32 Å². The van der Waals surface area contributed by atoms with Gasteiger partial charge in [0.05, 0.1) is 10.6 Å². The molecule has 1 aliphatic rings. The third-order valence-corrected chi connectivity index (χ3v) is 5.02. The number of aromatic nitrogens is 3. The summed E-state index contributed by atoms with van der Waals surface area (Å²) in [5.41, 5.74) is 7.78. The molecule has 0 spiro atoms. The van der Waals surface area contributed by atoms with E-state index in [4.69, 9.17) is 28.9 Å². The number of rotatable bonds is 3. The minimum atomic E-state index is -0.645. The topological polar surface area (TPSA) is 106 Å². The summed E-state index contributed by atoms with van der Waals surface area (Å²) in [5, 5.41) is 18.4. The number of allylic oxidation sites excluding steroid dienone is 1. The zero-order valence-corrected chi connectivity index (χ0v) is 16.2. The monoisotopic (exact) mass is 415 g/mol. The number of anilines is 1. The molecule has 1 aromatic heterocycles. The van der Waals surface area contributed by atoms with E-state index in [2.05, 4.69) is 15.4 Å². The van der Waals surface area contributed by atoms with Gasteiger partial charge in [-0.25, -0.2) is 4.68 Å². The van der Waals surface area contributed by atoms with Crippen molar-refractivity contribution in [2.45, 2.75) is 13.0 Å². The molecule has 3 aromatic rings. The van der Waals surface area contributed by atoms with Gasteiger partial charge in [-0.1, -0.05) is 35.3 Å². The molecule has 0 bridgehead atoms. The Labute approximate surface area is 170 Å². The van der Waals surface area contributed by atoms with Crippen LogP contribution in [0.1, 0.15) is 18.5 Å². The van der Waals surface area contributed by atoms with Crippen LogP contribution in [0.2, 0.25) is 10.0 Å². The second-order valence-corrected chi connectivity index (χ2v) is 7.20. The number of fused-ring (bicyclic) bond motifs is 1. The molecule has 0 radical (unpaired) electrons. The molecule has 9 heteroatoms. The Balaban J connectivity index is 1.90. The molecular formula is C19H15Cl2N5O2. The van der Waals surface area contributed by atoms with Gasteiger partial charge >= 0.3 is 0 Å². The zero-order valence-electron chi connectivity index (χ0n) is 14.6. The Morgan fingerprint density at radius 3 is 2.71 bits per heavy atom. The van der Waals surface area contributed by atoms with Gasteiger partial charge < -0.3 is 16.2 Å². The van der Waals surface area contributed by atoms with E-state index in [1.54, 1.807) is 54.1 Å². The van der Waals surface area contributed by atoms with E-state index < -0.39 is 11.9 Å². The third-order valence-electron chi connectivity index (χ3n) is 4.48. The van der Waals surface area contributed by atoms with Gasteiger partial charge in [0.2, 0.25) is 11.9 Å². The Kier molecular flexibility index (Phi) is 4.49. The molecule has 7 nitrogen and oxygen atoms in total. The molecule has 28 heavy (non-hydrogen) atoms. The molecule has 2 heterocycles. The van der Waals surface area contributed by atoms with Crippen molar-refractivity contribution in [1.29, 1.82) is 0 Å². The van der Waals surface area contributed by atoms with E-state index in [0.717, 1.165) is 0 Å². The van der Waals surface area contributed by atoms with Gasteiger partial charge in [-0.05, 0) is 42.8 Å². The van der Waals surface area contributed by atoms with E-state index in [0.29, 0.717) is 44.2 Å². The van der Waals surface area contributed by atoms with Crippen molar-refractivity contribution in [3.8, 4) is 17.1 Å². The van der Waals surface area contributed by atoms with Gasteiger partial charge in [0.25, 0.3) is 0 Å². The summed E-state index contributed by atoms with van der Waals surface area (Å²) in [7, 11) is 0. The predicted molar refractivity (Wildman–Crippen MR) is 107 cm³/mol. The number of halogens is 2. The number of amides is 1. The first-order valence-electron chi connectivity index (χ1n) is 8.33. The smallest absolute Gasteiger partial charge is 0.248 e. The van der Waals surface area contributed by atoms with Crippen LogP contribution in [-0.2, 0) is 4.79 Å². The van der Waals surface area contributed by atoms with Crippen LogP contribution in [0.15, 0.2) is 53.7 Å². The number of primary amides is 1. The minimum Gasteiger partial charge on any atom is -0.508 e. The molecule has 142 valence electrons. The standard InChI is InChI=1S/C19H15Cl2N5O2/c1-9-15(17(22)28)16(10-3-2-4-12(27)7-10)26-19(23-9)24-18(25-26)13-6-5-11(20)8-14(13)21/h2-8,16,27H,1H3,(H2,22,28)(H,23,24,25). The number of nitrogens with two attached hydrogens (primary N) is 1. The highest BCUT2D eigenvalue weighted by Crippen LogP contribution is 2.38. The number of phenols is 1. The largest absolute Gasteiger partial charge is 0.508 e. The van der Waals surface area contributed by atoms with Crippen LogP contribution in [-0.4, -0.2) is 25.8 Å². The number of phenolic OH excluding ortho intramolecular Hbond substituents is 1. The number of carbonyl (C=O) groups excluding carboxylic acids is 1. The molecule has 0 saturated carbocycles. The average Bonchev–Trinajstić information content (AvgIpc) is 3.03. The van der Waals surface area contributed by atoms with Crippen molar-refractivity contribution >= 4 is 35.1 Å². The van der Waals surface area contributed by atoms with Crippen LogP contribution >= 0.6 is 23.2 Å². The van der Waals surface area contributed by atoms with Crippen LogP contribution < -0.4 is 11.1 Å². The summed E-state index contributed by atoms with van der Waals surface area (Å²) in [6.07, 6.45) is 0. The third kappa shape index (κ3) is 3.08. The van der Waals surface area contributed by atoms with Gasteiger partial charge in [0.15, 0.2) is 5.82 Å². The first-order valence-corrected chi connectivity index (χ1v) is 9.09. The summed E-state index contributed by atoms with van der Waals surface area (Å²) in [6, 6.07) is 11.0. The van der Waals surface area contributed by atoms with E-state index in [9.17, 15) is 9.90 Å². The lowest BCUT2D eigenvalue weighted by molar-refractivity contribution is -0.115. The number of nitrogens with zero attached hydrogens (tertiary/aromatic N) is 3. The van der Waals surface area contributed by atoms with Crippen LogP contribution in [0.4, 0.5) is 5.95 Å². The van der Waals surface area contributed by atoms with Crippen molar-refractivity contribution in [3.63, 3.8) is 0 Å². The highest BCUT2D eigenvalue weighted by Gasteiger charge is 2.33. The minimum absolute atomic E-state index is 0.0696. The number of benzene rings is 2. The highest BCUT2D eigenvalue weighted by molar-refractivity contribution is 6.36. The maximum Gasteiger partial charge on any atom is 0.248 e. The molecule has 1 atom stereocenters. The average molecular weight is 416 g/mol. The maximum atomic E-state index is 12.2. The lowest BCUT2D eigenvalue weighted by atomic mass is 9.95. The molecule has 2 aromatic carbocycles. The Morgan fingerprint density at radius 2 is 2.04 bits per heavy atom. The van der Waals surface area contributed by atoms with Gasteiger partial charge in [-0.15, -0.1) is 5.10 Å². The molecule has 0 aliphatic carbocycles. The van der Waals surface area contributed by atoms with Crippen LogP contribution in [0.5, 0.6) is 5.75 Å². The summed E-state index contributed by atoms with van der Waals surface area (Å²) in [4.78, 5) is 16.7. The van der Waals surface area contributed by atoms with Crippen molar-refractivity contribution < 1.29 is 9.90 Å². The van der Waals surface area contributed by atoms with Crippen molar-refractivity contribution in [3.05, 3.63) is 69.3 Å². The summed E-state index contributed by atoms with van der Waals surface area (Å²) in [5.74, 6) is 0.274. The van der Waals surface area contributed by atoms with E-state index in [-0.39, 0.29) is 5.75 Å². The molecule has 4 N–H and O–H groups in total. The fraction of sp³-hybridized carbons (Fsp3) is 0.105. The fourth-order valence-electron chi connectivity index (χ4n) is 3.26. The predicted octanol–water partition coefficient (Wildman–Crippen LogP) is 3.73. The molecule has 1 amide bonds. The van der Waals surface area contributed by atoms with Gasteiger partial charge in [0.1, 0.15) is 11.8 Å². The quantitative estimate of drug-likeness (QED) is 0.603. The van der Waals surface area contributed by atoms with E-state index in [1.165, 1.54) is 0 Å². The van der Waals surface area contributed by atoms with Gasteiger partial charge in [-0.3, -0.25) is 4.79 Å². The molecule has 1 unspecified atom stereocenters. The Morgan fingerprint density at radius 1 is 1.25 bits per heavy atom. The normalized spacial score (nSPS) is 15.9. The molecule has 0 fully saturated rings. The van der Waals surface area contributed by atoms with Crippen LogP contribution in [0.3, 0.4) is 0 Å². The number of nitrogens with one attached hydrogen (secondary N) is 1. The first kappa shape index (κ1) is 18.3. The van der Waals surface area contributed by atoms with Gasteiger partial charge in [-0.2, -0.15) is 4.98 Å². The fourth-order valence-corrected chi connectivity index (χ4v) is 3.75. The van der Waals surface area contributed by atoms with E-state index >= 15 is 0 Å². The number of hydrogen-bond donors (Lipinski definition) is 3. The van der Waals surface area contributed by atoms with Crippen LogP contribution in [0.25, 0.3) is 11.4 Å². The summed E-state index contributed by atoms with van der Waals surface area (Å²) in [6.45, 7) is 1.74. The second-order valence-electron chi connectivity index (χ2n) is 6.35. The molecule has 1 aliphatic heterocycles. The lowest BCUT2D eigenvalue weighted by Gasteiger charge is -2.27. The van der Waals surface area contributed by atoms with Crippen LogP contribution in [0, 0.1) is 0 Å². The number of aromatic hydroxyl groups is 1. The van der Waals surface area contributed by atoms with E-state index in [1.807, 2.05) is 0 Å². The maximum absolute atomic E-state index is 12.2. The van der Waals surface area contributed by atoms with Gasteiger partial charge in [0, 0.05) is 16.3 Å². The molecule has 4 rings (SSSR count). The number of carbonyl (C=O) groups is 1. The zero-order chi connectivity index (χ0) is 20.0. The van der Waals surface area contributed by atoms with Crippen molar-refractivity contribution in [2.24, 2.45) is 5.73 Å². The molecular weight excluding hydrogens is 401 g/mol.